The van der Waals surface area contributed by atoms with Gasteiger partial charge in [-0.3, -0.25) is 0 Å². The standard InChI is InChI=1S/C14H18N2O5/c1-9(2)21-14(20)16(3)13(19)15-11(12(17)18)10-7-5-4-6-8-10/h4-9,11H,1-3H3,(H,15,19)(H,17,18)/t11-/m1/s1. The number of carboxylic acids is 1. The molecule has 0 fully saturated rings. The van der Waals surface area contributed by atoms with Crippen molar-refractivity contribution in [2.75, 3.05) is 7.05 Å². The average Bonchev–Trinajstić information content (AvgIpc) is 2.43. The molecule has 0 saturated heterocycles. The molecule has 114 valence electrons. The first kappa shape index (κ1) is 16.5. The summed E-state index contributed by atoms with van der Waals surface area (Å²) in [7, 11) is 1.21. The number of carboxylic acid groups (broad SMARTS) is 1. The molecule has 0 aromatic heterocycles. The Hall–Kier alpha value is -2.57. The van der Waals surface area contributed by atoms with Crippen molar-refractivity contribution in [2.24, 2.45) is 0 Å². The molecule has 0 aliphatic rings. The lowest BCUT2D eigenvalue weighted by Gasteiger charge is -2.21. The molecule has 0 radical (unpaired) electrons. The van der Waals surface area contributed by atoms with Gasteiger partial charge in [0.15, 0.2) is 6.04 Å². The van der Waals surface area contributed by atoms with Gasteiger partial charge in [0.2, 0.25) is 0 Å². The van der Waals surface area contributed by atoms with Gasteiger partial charge in [-0.05, 0) is 19.4 Å². The molecule has 1 atom stereocenters. The zero-order valence-electron chi connectivity index (χ0n) is 12.1. The minimum absolute atomic E-state index is 0.378. The number of nitrogens with one attached hydrogen (secondary N) is 1. The van der Waals surface area contributed by atoms with E-state index in [1.54, 1.807) is 44.2 Å². The van der Waals surface area contributed by atoms with Gasteiger partial charge in [0.05, 0.1) is 6.10 Å². The van der Waals surface area contributed by atoms with Crippen molar-refractivity contribution in [3.05, 3.63) is 35.9 Å². The highest BCUT2D eigenvalue weighted by Gasteiger charge is 2.26. The van der Waals surface area contributed by atoms with Crippen LogP contribution in [0.15, 0.2) is 30.3 Å². The molecule has 2 N–H and O–H groups in total. The number of urea groups is 1. The topological polar surface area (TPSA) is 95.9 Å². The molecule has 7 heteroatoms. The monoisotopic (exact) mass is 294 g/mol. The van der Waals surface area contributed by atoms with Crippen LogP contribution in [0.3, 0.4) is 0 Å². The normalized spacial score (nSPS) is 11.6. The van der Waals surface area contributed by atoms with Crippen LogP contribution in [-0.4, -0.2) is 41.3 Å². The third-order valence-electron chi connectivity index (χ3n) is 2.56. The summed E-state index contributed by atoms with van der Waals surface area (Å²) in [6, 6.07) is 6.11. The van der Waals surface area contributed by atoms with Crippen LogP contribution in [0.1, 0.15) is 25.5 Å². The number of aliphatic carboxylic acids is 1. The predicted octanol–water partition coefficient (Wildman–Crippen LogP) is 2.00. The molecule has 0 unspecified atom stereocenters. The van der Waals surface area contributed by atoms with E-state index in [9.17, 15) is 19.5 Å². The van der Waals surface area contributed by atoms with Crippen LogP contribution < -0.4 is 5.32 Å². The van der Waals surface area contributed by atoms with Crippen molar-refractivity contribution >= 4 is 18.1 Å². The third kappa shape index (κ3) is 4.79. The second-order valence-corrected chi connectivity index (χ2v) is 4.62. The maximum absolute atomic E-state index is 11.9. The summed E-state index contributed by atoms with van der Waals surface area (Å²) in [5, 5.41) is 11.5. The van der Waals surface area contributed by atoms with E-state index < -0.39 is 24.1 Å². The van der Waals surface area contributed by atoms with Gasteiger partial charge in [0.25, 0.3) is 0 Å². The van der Waals surface area contributed by atoms with Gasteiger partial charge in [-0.15, -0.1) is 0 Å². The van der Waals surface area contributed by atoms with Crippen molar-refractivity contribution in [1.29, 1.82) is 0 Å². The third-order valence-corrected chi connectivity index (χ3v) is 2.56. The minimum Gasteiger partial charge on any atom is -0.479 e. The Labute approximate surface area is 122 Å². The van der Waals surface area contributed by atoms with Crippen molar-refractivity contribution < 1.29 is 24.2 Å². The molecular weight excluding hydrogens is 276 g/mol. The van der Waals surface area contributed by atoms with E-state index in [1.165, 1.54) is 7.05 Å². The summed E-state index contributed by atoms with van der Waals surface area (Å²) in [6.07, 6.45) is -1.23. The number of nitrogens with zero attached hydrogens (tertiary/aromatic N) is 1. The van der Waals surface area contributed by atoms with Crippen molar-refractivity contribution in [3.63, 3.8) is 0 Å². The van der Waals surface area contributed by atoms with Crippen LogP contribution >= 0.6 is 0 Å². The summed E-state index contributed by atoms with van der Waals surface area (Å²) < 4.78 is 4.86. The van der Waals surface area contributed by atoms with Crippen molar-refractivity contribution in [3.8, 4) is 0 Å². The van der Waals surface area contributed by atoms with Gasteiger partial charge in [-0.1, -0.05) is 30.3 Å². The van der Waals surface area contributed by atoms with E-state index >= 15 is 0 Å². The number of ether oxygens (including phenoxy) is 1. The molecule has 7 nitrogen and oxygen atoms in total. The fraction of sp³-hybridized carbons (Fsp3) is 0.357. The van der Waals surface area contributed by atoms with E-state index in [2.05, 4.69) is 5.32 Å². The van der Waals surface area contributed by atoms with Gasteiger partial charge in [0.1, 0.15) is 0 Å². The lowest BCUT2D eigenvalue weighted by Crippen LogP contribution is -2.45. The van der Waals surface area contributed by atoms with Gasteiger partial charge >= 0.3 is 18.1 Å². The molecule has 0 heterocycles. The second-order valence-electron chi connectivity index (χ2n) is 4.62. The SMILES string of the molecule is CC(C)OC(=O)N(C)C(=O)N[C@@H](C(=O)O)c1ccccc1. The van der Waals surface area contributed by atoms with Crippen molar-refractivity contribution in [2.45, 2.75) is 26.0 Å². The Balaban J connectivity index is 2.78. The van der Waals surface area contributed by atoms with Gasteiger partial charge in [-0.25, -0.2) is 19.3 Å². The van der Waals surface area contributed by atoms with E-state index in [0.717, 1.165) is 0 Å². The van der Waals surface area contributed by atoms with E-state index in [4.69, 9.17) is 4.74 Å². The van der Waals surface area contributed by atoms with Crippen LogP contribution in [0.4, 0.5) is 9.59 Å². The molecule has 0 aliphatic heterocycles. The predicted molar refractivity (Wildman–Crippen MR) is 74.7 cm³/mol. The zero-order chi connectivity index (χ0) is 16.0. The Bertz CT molecular complexity index is 515. The summed E-state index contributed by atoms with van der Waals surface area (Å²) in [5.74, 6) is -1.22. The molecule has 1 rings (SSSR count). The summed E-state index contributed by atoms with van der Waals surface area (Å²) in [5.41, 5.74) is 0.406. The molecule has 1 aromatic rings. The highest BCUT2D eigenvalue weighted by molar-refractivity contribution is 5.93. The summed E-state index contributed by atoms with van der Waals surface area (Å²) >= 11 is 0. The van der Waals surface area contributed by atoms with Crippen LogP contribution in [0.5, 0.6) is 0 Å². The first-order valence-corrected chi connectivity index (χ1v) is 6.35. The zero-order valence-corrected chi connectivity index (χ0v) is 12.1. The maximum Gasteiger partial charge on any atom is 0.417 e. The lowest BCUT2D eigenvalue weighted by atomic mass is 10.1. The van der Waals surface area contributed by atoms with Crippen LogP contribution in [0.25, 0.3) is 0 Å². The second kappa shape index (κ2) is 7.28. The highest BCUT2D eigenvalue weighted by Crippen LogP contribution is 2.13. The summed E-state index contributed by atoms with van der Waals surface area (Å²) in [6.45, 7) is 3.29. The van der Waals surface area contributed by atoms with Crippen LogP contribution in [0.2, 0.25) is 0 Å². The Morgan fingerprint density at radius 1 is 1.19 bits per heavy atom. The molecular formula is C14H18N2O5. The number of hydrogen-bond donors (Lipinski definition) is 2. The number of rotatable bonds is 4. The number of carbonyl (C=O) groups excluding carboxylic acids is 2. The van der Waals surface area contributed by atoms with Gasteiger partial charge in [0, 0.05) is 7.05 Å². The van der Waals surface area contributed by atoms with E-state index in [0.29, 0.717) is 10.5 Å². The summed E-state index contributed by atoms with van der Waals surface area (Å²) in [4.78, 5) is 35.4. The molecule has 0 saturated carbocycles. The molecule has 0 spiro atoms. The first-order chi connectivity index (χ1) is 9.82. The number of amides is 3. The Kier molecular flexibility index (Phi) is 5.71. The molecule has 1 aromatic carbocycles. The number of hydrogen-bond acceptors (Lipinski definition) is 4. The van der Waals surface area contributed by atoms with Crippen LogP contribution in [-0.2, 0) is 9.53 Å². The van der Waals surface area contributed by atoms with Gasteiger partial charge in [-0.2, -0.15) is 0 Å². The fourth-order valence-electron chi connectivity index (χ4n) is 1.52. The molecule has 0 bridgehead atoms. The van der Waals surface area contributed by atoms with Gasteiger partial charge < -0.3 is 15.2 Å². The highest BCUT2D eigenvalue weighted by atomic mass is 16.6. The largest absolute Gasteiger partial charge is 0.479 e. The van der Waals surface area contributed by atoms with Crippen LogP contribution in [0, 0.1) is 0 Å². The number of benzene rings is 1. The average molecular weight is 294 g/mol. The molecule has 3 amide bonds. The first-order valence-electron chi connectivity index (χ1n) is 6.35. The molecule has 0 aliphatic carbocycles. The number of carbonyl (C=O) groups is 3. The molecule has 21 heavy (non-hydrogen) atoms. The van der Waals surface area contributed by atoms with E-state index in [-0.39, 0.29) is 6.10 Å². The fourth-order valence-corrected chi connectivity index (χ4v) is 1.52. The lowest BCUT2D eigenvalue weighted by molar-refractivity contribution is -0.139. The maximum atomic E-state index is 11.9. The quantitative estimate of drug-likeness (QED) is 0.885. The Morgan fingerprint density at radius 2 is 1.76 bits per heavy atom. The smallest absolute Gasteiger partial charge is 0.417 e. The van der Waals surface area contributed by atoms with E-state index in [1.807, 2.05) is 0 Å². The number of imide groups is 1. The van der Waals surface area contributed by atoms with Crippen molar-refractivity contribution in [1.82, 2.24) is 10.2 Å². The Morgan fingerprint density at radius 3 is 2.24 bits per heavy atom. The minimum atomic E-state index is -1.24.